The zero-order chi connectivity index (χ0) is 24.2. The molecular weight excluding hydrogens is 444 g/mol. The third-order valence-corrected chi connectivity index (χ3v) is 7.10. The summed E-state index contributed by atoms with van der Waals surface area (Å²) >= 11 is 0. The Labute approximate surface area is 212 Å². The van der Waals surface area contributed by atoms with Gasteiger partial charge in [-0.1, -0.05) is 60.7 Å². The molecule has 2 aromatic carbocycles. The number of aromatic nitrogens is 4. The minimum atomic E-state index is 0.335. The Balaban J connectivity index is 1.24. The highest BCUT2D eigenvalue weighted by molar-refractivity contribution is 5.80. The summed E-state index contributed by atoms with van der Waals surface area (Å²) < 4.78 is 0. The fourth-order valence-electron chi connectivity index (χ4n) is 5.16. The van der Waals surface area contributed by atoms with Gasteiger partial charge >= 0.3 is 0 Å². The number of imidazole rings is 2. The first-order chi connectivity index (χ1) is 17.8. The Hall–Kier alpha value is -3.74. The molecular formula is C30H32N6. The molecule has 0 spiro atoms. The van der Waals surface area contributed by atoms with Gasteiger partial charge in [0.1, 0.15) is 11.6 Å². The maximum atomic E-state index is 4.66. The number of rotatable bonds is 7. The summed E-state index contributed by atoms with van der Waals surface area (Å²) in [6.45, 7) is 2.13. The van der Waals surface area contributed by atoms with E-state index in [9.17, 15) is 0 Å². The Kier molecular flexibility index (Phi) is 6.61. The molecule has 0 saturated carbocycles. The summed E-state index contributed by atoms with van der Waals surface area (Å²) in [7, 11) is 0. The fraction of sp³-hybridized carbons (Fsp3) is 0.267. The third-order valence-electron chi connectivity index (χ3n) is 7.10. The molecule has 2 aliphatic rings. The average Bonchev–Trinajstić information content (AvgIpc) is 3.74. The number of hydrogen-bond acceptors (Lipinski definition) is 4. The second-order valence-corrected chi connectivity index (χ2v) is 9.59. The number of allylic oxidation sites excluding steroid dienone is 2. The number of hydrogen-bond donors (Lipinski definition) is 4. The maximum Gasteiger partial charge on any atom is 0.123 e. The van der Waals surface area contributed by atoms with Gasteiger partial charge in [0, 0.05) is 5.56 Å². The van der Waals surface area contributed by atoms with Crippen molar-refractivity contribution in [2.45, 2.75) is 37.8 Å². The molecule has 4 N–H and O–H groups in total. The van der Waals surface area contributed by atoms with E-state index in [-0.39, 0.29) is 0 Å². The van der Waals surface area contributed by atoms with Crippen LogP contribution in [0.25, 0.3) is 34.5 Å². The quantitative estimate of drug-likeness (QED) is 0.245. The van der Waals surface area contributed by atoms with Gasteiger partial charge in [-0.15, -0.1) is 0 Å². The molecule has 0 radical (unpaired) electrons. The number of nitrogens with one attached hydrogen (secondary N) is 4. The minimum Gasteiger partial charge on any atom is -0.341 e. The first-order valence-corrected chi connectivity index (χ1v) is 12.9. The smallest absolute Gasteiger partial charge is 0.123 e. The van der Waals surface area contributed by atoms with Crippen molar-refractivity contribution < 1.29 is 0 Å². The molecule has 2 aromatic heterocycles. The molecule has 6 rings (SSSR count). The Morgan fingerprint density at radius 2 is 1.44 bits per heavy atom. The summed E-state index contributed by atoms with van der Waals surface area (Å²) in [5, 5.41) is 7.01. The van der Waals surface area contributed by atoms with Crippen molar-refractivity contribution in [1.82, 2.24) is 30.6 Å². The minimum absolute atomic E-state index is 0.335. The van der Waals surface area contributed by atoms with Crippen LogP contribution in [0.15, 0.2) is 73.1 Å². The van der Waals surface area contributed by atoms with Crippen molar-refractivity contribution >= 4 is 12.2 Å². The van der Waals surface area contributed by atoms with E-state index < -0.39 is 0 Å². The van der Waals surface area contributed by atoms with Gasteiger partial charge in [0.25, 0.3) is 0 Å². The van der Waals surface area contributed by atoms with Gasteiger partial charge in [0.05, 0.1) is 35.9 Å². The van der Waals surface area contributed by atoms with Crippen LogP contribution in [0.3, 0.4) is 0 Å². The van der Waals surface area contributed by atoms with E-state index in [1.165, 1.54) is 29.5 Å². The summed E-state index contributed by atoms with van der Waals surface area (Å²) in [4.78, 5) is 16.2. The molecule has 4 aromatic rings. The van der Waals surface area contributed by atoms with Crippen molar-refractivity contribution in [1.29, 1.82) is 0 Å². The second-order valence-electron chi connectivity index (χ2n) is 9.59. The van der Waals surface area contributed by atoms with Crippen LogP contribution in [-0.4, -0.2) is 33.0 Å². The van der Waals surface area contributed by atoms with Gasteiger partial charge in [-0.2, -0.15) is 0 Å². The highest BCUT2D eigenvalue weighted by Gasteiger charge is 2.20. The molecule has 2 aliphatic heterocycles. The van der Waals surface area contributed by atoms with Gasteiger partial charge in [0.2, 0.25) is 0 Å². The average molecular weight is 477 g/mol. The molecule has 0 bridgehead atoms. The lowest BCUT2D eigenvalue weighted by Crippen LogP contribution is -2.14. The van der Waals surface area contributed by atoms with Gasteiger partial charge in [-0.25, -0.2) is 9.97 Å². The normalized spacial score (nSPS) is 20.2. The number of nitrogens with zero attached hydrogens (tertiary/aromatic N) is 2. The van der Waals surface area contributed by atoms with Crippen LogP contribution in [0.4, 0.5) is 0 Å². The highest BCUT2D eigenvalue weighted by atomic mass is 15.0. The third kappa shape index (κ3) is 4.96. The monoisotopic (exact) mass is 476 g/mol. The zero-order valence-corrected chi connectivity index (χ0v) is 20.4. The predicted octanol–water partition coefficient (Wildman–Crippen LogP) is 6.04. The second kappa shape index (κ2) is 10.5. The zero-order valence-electron chi connectivity index (χ0n) is 20.4. The van der Waals surface area contributed by atoms with Crippen LogP contribution in [0, 0.1) is 0 Å². The van der Waals surface area contributed by atoms with Crippen molar-refractivity contribution in [2.75, 3.05) is 13.1 Å². The summed E-state index contributed by atoms with van der Waals surface area (Å²) in [6.07, 6.45) is 17.0. The summed E-state index contributed by atoms with van der Waals surface area (Å²) in [6, 6.07) is 17.9. The van der Waals surface area contributed by atoms with Crippen molar-refractivity contribution in [3.63, 3.8) is 0 Å². The standard InChI is InChI=1S/C30H32N6/c1-2-8-21(9-3-1)25-18-23(28-20-34-30(36-28)27-13-7-17-32-27)15-14-22(25)10-4-5-11-24-19-33-29(35-24)26-12-6-16-31-26/h1-5,8-11,14-15,18-20,26-27,31-32H,6-7,12-13,16-17H2,(H,33,35)(H,34,36)/t26-,27-/m0/s1. The molecule has 0 aliphatic carbocycles. The van der Waals surface area contributed by atoms with Crippen LogP contribution in [-0.2, 0) is 0 Å². The van der Waals surface area contributed by atoms with E-state index in [4.69, 9.17) is 0 Å². The Morgan fingerprint density at radius 3 is 2.19 bits per heavy atom. The molecule has 6 heteroatoms. The van der Waals surface area contributed by atoms with E-state index in [1.54, 1.807) is 0 Å². The molecule has 0 unspecified atom stereocenters. The Bertz CT molecular complexity index is 1350. The van der Waals surface area contributed by atoms with Crippen LogP contribution in [0.5, 0.6) is 0 Å². The van der Waals surface area contributed by atoms with Crippen molar-refractivity contribution in [3.8, 4) is 22.4 Å². The first-order valence-electron chi connectivity index (χ1n) is 12.9. The maximum absolute atomic E-state index is 4.66. The van der Waals surface area contributed by atoms with E-state index in [0.717, 1.165) is 54.5 Å². The molecule has 2 saturated heterocycles. The van der Waals surface area contributed by atoms with Gasteiger partial charge in [-0.05, 0) is 67.6 Å². The number of H-pyrrole nitrogens is 2. The van der Waals surface area contributed by atoms with E-state index in [2.05, 4.69) is 103 Å². The number of aromatic amines is 2. The van der Waals surface area contributed by atoms with Gasteiger partial charge in [0.15, 0.2) is 0 Å². The van der Waals surface area contributed by atoms with Crippen LogP contribution in [0.2, 0.25) is 0 Å². The molecule has 2 fully saturated rings. The molecule has 4 heterocycles. The van der Waals surface area contributed by atoms with E-state index in [0.29, 0.717) is 12.1 Å². The molecule has 36 heavy (non-hydrogen) atoms. The Morgan fingerprint density at radius 1 is 0.722 bits per heavy atom. The molecule has 182 valence electrons. The SMILES string of the molecule is C(C=Cc1ccc(-c2cnc([C@@H]3CCCN3)[nH]2)cc1-c1ccccc1)=Cc1cnc([C@@H]2CCCN2)[nH]1. The summed E-state index contributed by atoms with van der Waals surface area (Å²) in [5.41, 5.74) is 6.79. The fourth-order valence-corrected chi connectivity index (χ4v) is 5.16. The van der Waals surface area contributed by atoms with Gasteiger partial charge < -0.3 is 20.6 Å². The molecule has 6 nitrogen and oxygen atoms in total. The van der Waals surface area contributed by atoms with E-state index in [1.807, 2.05) is 12.4 Å². The summed E-state index contributed by atoms with van der Waals surface area (Å²) in [5.74, 6) is 2.06. The topological polar surface area (TPSA) is 81.4 Å². The first kappa shape index (κ1) is 22.7. The largest absolute Gasteiger partial charge is 0.341 e. The number of benzene rings is 2. The van der Waals surface area contributed by atoms with Crippen LogP contribution < -0.4 is 10.6 Å². The predicted molar refractivity (Wildman–Crippen MR) is 146 cm³/mol. The van der Waals surface area contributed by atoms with Crippen molar-refractivity contribution in [3.05, 3.63) is 96.0 Å². The lowest BCUT2D eigenvalue weighted by Gasteiger charge is -2.10. The van der Waals surface area contributed by atoms with Crippen molar-refractivity contribution in [2.24, 2.45) is 0 Å². The lowest BCUT2D eigenvalue weighted by molar-refractivity contribution is 0.612. The van der Waals surface area contributed by atoms with Crippen LogP contribution >= 0.6 is 0 Å². The van der Waals surface area contributed by atoms with E-state index >= 15 is 0 Å². The molecule has 0 amide bonds. The van der Waals surface area contributed by atoms with Gasteiger partial charge in [-0.3, -0.25) is 0 Å². The lowest BCUT2D eigenvalue weighted by atomic mass is 9.96. The highest BCUT2D eigenvalue weighted by Crippen LogP contribution is 2.31. The molecule has 2 atom stereocenters. The van der Waals surface area contributed by atoms with Crippen LogP contribution in [0.1, 0.15) is 60.7 Å².